The Morgan fingerprint density at radius 3 is 2.62 bits per heavy atom. The zero-order chi connectivity index (χ0) is 9.84. The van der Waals surface area contributed by atoms with Gasteiger partial charge < -0.3 is 5.73 Å². The molecular formula is C9H6ClN3. The third-order valence-corrected chi connectivity index (χ3v) is 1.87. The van der Waals surface area contributed by atoms with Gasteiger partial charge in [-0.15, -0.1) is 0 Å². The summed E-state index contributed by atoms with van der Waals surface area (Å²) in [6.07, 6.45) is 0.146. The first kappa shape index (κ1) is 9.38. The quantitative estimate of drug-likeness (QED) is 0.689. The van der Waals surface area contributed by atoms with E-state index in [2.05, 4.69) is 0 Å². The second-order valence-corrected chi connectivity index (χ2v) is 2.89. The zero-order valence-electron chi connectivity index (χ0n) is 6.71. The van der Waals surface area contributed by atoms with Crippen molar-refractivity contribution in [1.82, 2.24) is 0 Å². The lowest BCUT2D eigenvalue weighted by molar-refractivity contribution is 1.24. The van der Waals surface area contributed by atoms with Crippen LogP contribution in [-0.2, 0) is 6.42 Å². The fourth-order valence-corrected chi connectivity index (χ4v) is 1.33. The molecule has 0 unspecified atom stereocenters. The van der Waals surface area contributed by atoms with E-state index in [1.165, 1.54) is 6.07 Å². The van der Waals surface area contributed by atoms with E-state index in [1.807, 2.05) is 12.1 Å². The number of nitrogen functional groups attached to an aromatic ring is 1. The maximum Gasteiger partial charge on any atom is 0.101 e. The summed E-state index contributed by atoms with van der Waals surface area (Å²) in [4.78, 5) is 0. The Hall–Kier alpha value is -1.71. The van der Waals surface area contributed by atoms with Gasteiger partial charge >= 0.3 is 0 Å². The van der Waals surface area contributed by atoms with Gasteiger partial charge in [0.15, 0.2) is 0 Å². The monoisotopic (exact) mass is 191 g/mol. The maximum absolute atomic E-state index is 8.73. The normalized spacial score (nSPS) is 8.85. The molecule has 1 aromatic carbocycles. The van der Waals surface area contributed by atoms with E-state index in [0.29, 0.717) is 21.8 Å². The number of nitriles is 2. The molecule has 0 aliphatic heterocycles. The van der Waals surface area contributed by atoms with Gasteiger partial charge in [-0.2, -0.15) is 10.5 Å². The minimum Gasteiger partial charge on any atom is -0.399 e. The van der Waals surface area contributed by atoms with E-state index < -0.39 is 0 Å². The van der Waals surface area contributed by atoms with Gasteiger partial charge in [-0.1, -0.05) is 11.6 Å². The number of rotatable bonds is 1. The summed E-state index contributed by atoms with van der Waals surface area (Å²) in [7, 11) is 0. The van der Waals surface area contributed by atoms with Crippen molar-refractivity contribution < 1.29 is 0 Å². The predicted molar refractivity (Wildman–Crippen MR) is 49.9 cm³/mol. The molecule has 0 heterocycles. The van der Waals surface area contributed by atoms with Gasteiger partial charge in [0.1, 0.15) is 6.07 Å². The number of hydrogen-bond donors (Lipinski definition) is 1. The summed E-state index contributed by atoms with van der Waals surface area (Å²) < 4.78 is 0. The van der Waals surface area contributed by atoms with Gasteiger partial charge in [-0.25, -0.2) is 0 Å². The number of benzene rings is 1. The van der Waals surface area contributed by atoms with Crippen LogP contribution in [0.4, 0.5) is 5.69 Å². The lowest BCUT2D eigenvalue weighted by atomic mass is 10.1. The Kier molecular flexibility index (Phi) is 2.74. The Labute approximate surface area is 81.0 Å². The highest BCUT2D eigenvalue weighted by Gasteiger charge is 2.07. The number of nitrogens with zero attached hydrogens (tertiary/aromatic N) is 2. The molecule has 13 heavy (non-hydrogen) atoms. The van der Waals surface area contributed by atoms with Crippen molar-refractivity contribution in [3.63, 3.8) is 0 Å². The molecule has 64 valence electrons. The van der Waals surface area contributed by atoms with E-state index in [0.717, 1.165) is 0 Å². The minimum absolute atomic E-state index is 0.146. The van der Waals surface area contributed by atoms with E-state index in [-0.39, 0.29) is 6.42 Å². The lowest BCUT2D eigenvalue weighted by Crippen LogP contribution is -1.93. The highest BCUT2D eigenvalue weighted by molar-refractivity contribution is 6.32. The molecule has 0 spiro atoms. The number of nitrogens with two attached hydrogens (primary N) is 1. The van der Waals surface area contributed by atoms with Crippen LogP contribution in [0.15, 0.2) is 12.1 Å². The fourth-order valence-electron chi connectivity index (χ4n) is 1.04. The average molecular weight is 192 g/mol. The van der Waals surface area contributed by atoms with Crippen molar-refractivity contribution in [3.05, 3.63) is 28.3 Å². The van der Waals surface area contributed by atoms with Crippen molar-refractivity contribution in [2.45, 2.75) is 6.42 Å². The molecule has 0 saturated heterocycles. The molecular weight excluding hydrogens is 186 g/mol. The Morgan fingerprint density at radius 2 is 2.08 bits per heavy atom. The molecule has 0 fully saturated rings. The lowest BCUT2D eigenvalue weighted by Gasteiger charge is -2.02. The van der Waals surface area contributed by atoms with E-state index in [4.69, 9.17) is 27.9 Å². The molecule has 2 N–H and O–H groups in total. The van der Waals surface area contributed by atoms with Crippen molar-refractivity contribution in [2.75, 3.05) is 5.73 Å². The van der Waals surface area contributed by atoms with Crippen LogP contribution in [0, 0.1) is 22.7 Å². The molecule has 4 heteroatoms. The highest BCUT2D eigenvalue weighted by Crippen LogP contribution is 2.23. The predicted octanol–water partition coefficient (Wildman–Crippen LogP) is 1.86. The van der Waals surface area contributed by atoms with Crippen molar-refractivity contribution in [2.24, 2.45) is 0 Å². The molecule has 1 aromatic rings. The third-order valence-electron chi connectivity index (χ3n) is 1.58. The highest BCUT2D eigenvalue weighted by atomic mass is 35.5. The molecule has 0 radical (unpaired) electrons. The third kappa shape index (κ3) is 1.90. The average Bonchev–Trinajstić information content (AvgIpc) is 2.04. The summed E-state index contributed by atoms with van der Waals surface area (Å²) in [5, 5.41) is 17.5. The van der Waals surface area contributed by atoms with Gasteiger partial charge in [0.25, 0.3) is 0 Å². The summed E-state index contributed by atoms with van der Waals surface area (Å²) in [5.41, 5.74) is 6.89. The van der Waals surface area contributed by atoms with Crippen LogP contribution in [0.25, 0.3) is 0 Å². The van der Waals surface area contributed by atoms with Gasteiger partial charge in [-0.05, 0) is 17.7 Å². The zero-order valence-corrected chi connectivity index (χ0v) is 7.47. The molecule has 0 saturated carbocycles. The first-order chi connectivity index (χ1) is 6.19. The van der Waals surface area contributed by atoms with Crippen molar-refractivity contribution in [1.29, 1.82) is 10.5 Å². The first-order valence-electron chi connectivity index (χ1n) is 3.54. The Morgan fingerprint density at radius 1 is 1.38 bits per heavy atom. The second-order valence-electron chi connectivity index (χ2n) is 2.48. The minimum atomic E-state index is 0.146. The summed E-state index contributed by atoms with van der Waals surface area (Å²) in [6, 6.07) is 6.98. The van der Waals surface area contributed by atoms with E-state index >= 15 is 0 Å². The Balaban J connectivity index is 3.33. The fraction of sp³-hybridized carbons (Fsp3) is 0.111. The largest absolute Gasteiger partial charge is 0.399 e. The first-order valence-corrected chi connectivity index (χ1v) is 3.91. The van der Waals surface area contributed by atoms with Crippen LogP contribution in [0.1, 0.15) is 11.1 Å². The summed E-state index contributed by atoms with van der Waals surface area (Å²) in [5.74, 6) is 0. The van der Waals surface area contributed by atoms with E-state index in [9.17, 15) is 0 Å². The molecule has 0 aromatic heterocycles. The van der Waals surface area contributed by atoms with E-state index in [1.54, 1.807) is 6.07 Å². The maximum atomic E-state index is 8.73. The summed E-state index contributed by atoms with van der Waals surface area (Å²) in [6.45, 7) is 0. The topological polar surface area (TPSA) is 73.6 Å². The molecule has 3 nitrogen and oxygen atoms in total. The standard InChI is InChI=1S/C9H6ClN3/c10-9-4-7(13)3-6(1-2-11)8(9)5-12/h3-4H,1,13H2. The Bertz CT molecular complexity index is 412. The van der Waals surface area contributed by atoms with Crippen LogP contribution >= 0.6 is 11.6 Å². The molecule has 1 rings (SSSR count). The van der Waals surface area contributed by atoms with Gasteiger partial charge in [-0.3, -0.25) is 0 Å². The van der Waals surface area contributed by atoms with Gasteiger partial charge in [0, 0.05) is 5.69 Å². The molecule has 0 atom stereocenters. The second kappa shape index (κ2) is 3.80. The van der Waals surface area contributed by atoms with Crippen LogP contribution in [0.2, 0.25) is 5.02 Å². The number of halogens is 1. The smallest absolute Gasteiger partial charge is 0.101 e. The summed E-state index contributed by atoms with van der Waals surface area (Å²) >= 11 is 5.76. The number of hydrogen-bond acceptors (Lipinski definition) is 3. The molecule has 0 aliphatic carbocycles. The molecule has 0 aliphatic rings. The van der Waals surface area contributed by atoms with Crippen LogP contribution in [0.5, 0.6) is 0 Å². The van der Waals surface area contributed by atoms with Gasteiger partial charge in [0.05, 0.1) is 23.1 Å². The molecule has 0 amide bonds. The van der Waals surface area contributed by atoms with Crippen molar-refractivity contribution >= 4 is 17.3 Å². The van der Waals surface area contributed by atoms with Crippen molar-refractivity contribution in [3.8, 4) is 12.1 Å². The molecule has 0 bridgehead atoms. The SMILES string of the molecule is N#CCc1cc(N)cc(Cl)c1C#N. The van der Waals surface area contributed by atoms with Crippen LogP contribution in [0.3, 0.4) is 0 Å². The van der Waals surface area contributed by atoms with Gasteiger partial charge in [0.2, 0.25) is 0 Å². The van der Waals surface area contributed by atoms with Crippen LogP contribution < -0.4 is 5.73 Å². The van der Waals surface area contributed by atoms with Crippen LogP contribution in [-0.4, -0.2) is 0 Å². The number of anilines is 1.